The number of hydrogen-bond donors (Lipinski definition) is 0. The van der Waals surface area contributed by atoms with Gasteiger partial charge >= 0.3 is 17.9 Å². The highest BCUT2D eigenvalue weighted by atomic mass is 32.2. The van der Waals surface area contributed by atoms with E-state index in [2.05, 4.69) is 20.4 Å². The van der Waals surface area contributed by atoms with Gasteiger partial charge in [0.15, 0.2) is 0 Å². The van der Waals surface area contributed by atoms with Crippen LogP contribution in [0.2, 0.25) is 0 Å². The van der Waals surface area contributed by atoms with Gasteiger partial charge in [-0.25, -0.2) is 4.79 Å². The summed E-state index contributed by atoms with van der Waals surface area (Å²) >= 11 is 0. The monoisotopic (exact) mass is 424 g/mol. The van der Waals surface area contributed by atoms with Crippen LogP contribution in [0.25, 0.3) is 0 Å². The summed E-state index contributed by atoms with van der Waals surface area (Å²) in [5.74, 6) is -1.68. The van der Waals surface area contributed by atoms with Gasteiger partial charge in [-0.2, -0.15) is 0 Å². The van der Waals surface area contributed by atoms with Crippen LogP contribution in [-0.2, 0) is 39.4 Å². The van der Waals surface area contributed by atoms with Crippen molar-refractivity contribution in [2.24, 2.45) is 22.7 Å². The predicted octanol–water partition coefficient (Wildman–Crippen LogP) is 2.28. The smallest absolute Gasteiger partial charge is 0.331 e. The second kappa shape index (κ2) is 7.70. The molecule has 29 heavy (non-hydrogen) atoms. The van der Waals surface area contributed by atoms with E-state index in [9.17, 15) is 18.6 Å². The summed E-state index contributed by atoms with van der Waals surface area (Å²) < 4.78 is 28.0. The van der Waals surface area contributed by atoms with Crippen LogP contribution in [0.5, 0.6) is 0 Å². The minimum absolute atomic E-state index is 0.100. The maximum Gasteiger partial charge on any atom is 0.331 e. The Morgan fingerprint density at radius 2 is 2.00 bits per heavy atom. The third kappa shape index (κ3) is 3.56. The molecule has 3 aliphatic rings. The highest BCUT2D eigenvalue weighted by molar-refractivity contribution is 7.87. The number of esters is 3. The molecule has 3 rings (SSSR count). The second-order valence-electron chi connectivity index (χ2n) is 8.64. The first-order valence-corrected chi connectivity index (χ1v) is 11.4. The minimum atomic E-state index is -1.27. The summed E-state index contributed by atoms with van der Waals surface area (Å²) in [7, 11) is -1.27. The van der Waals surface area contributed by atoms with Gasteiger partial charge in [0.2, 0.25) is 0 Å². The zero-order valence-electron chi connectivity index (χ0n) is 17.3. The van der Waals surface area contributed by atoms with Gasteiger partial charge in [-0.1, -0.05) is 20.4 Å². The van der Waals surface area contributed by atoms with Crippen molar-refractivity contribution in [1.29, 1.82) is 0 Å². The van der Waals surface area contributed by atoms with Crippen LogP contribution >= 0.6 is 0 Å². The van der Waals surface area contributed by atoms with E-state index in [1.807, 2.05) is 0 Å². The van der Waals surface area contributed by atoms with E-state index in [1.54, 1.807) is 0 Å². The van der Waals surface area contributed by atoms with Crippen molar-refractivity contribution in [2.75, 3.05) is 12.9 Å². The number of fused-ring (bicyclic) bond motifs is 1. The molecule has 1 spiro atoms. The molecule has 7 nitrogen and oxygen atoms in total. The van der Waals surface area contributed by atoms with E-state index in [1.165, 1.54) is 18.6 Å². The molecule has 0 aromatic rings. The van der Waals surface area contributed by atoms with Gasteiger partial charge in [0.05, 0.1) is 0 Å². The lowest BCUT2D eigenvalue weighted by Crippen LogP contribution is -2.50. The van der Waals surface area contributed by atoms with Crippen molar-refractivity contribution in [3.05, 3.63) is 23.6 Å². The van der Waals surface area contributed by atoms with Crippen LogP contribution < -0.4 is 0 Å². The fourth-order valence-corrected chi connectivity index (χ4v) is 5.71. The Bertz CT molecular complexity index is 785. The van der Waals surface area contributed by atoms with Crippen molar-refractivity contribution < 1.29 is 32.8 Å². The van der Waals surface area contributed by atoms with Crippen molar-refractivity contribution in [2.45, 2.75) is 52.2 Å². The zero-order chi connectivity index (χ0) is 21.6. The molecule has 1 heterocycles. The molecule has 1 aliphatic heterocycles. The summed E-state index contributed by atoms with van der Waals surface area (Å²) in [5.41, 5.74) is -0.926. The third-order valence-corrected chi connectivity index (χ3v) is 7.49. The SMILES string of the molecule is C=C1COC(=O)[C@]12C[C@@]1(C)[C@H]([C@@H](OC(=O)/C=C/S(C)=O)CC[C@@H]1C)[C@H]2OC(C)=O. The largest absolute Gasteiger partial charge is 0.461 e. The van der Waals surface area contributed by atoms with Crippen molar-refractivity contribution in [3.8, 4) is 0 Å². The predicted molar refractivity (Wildman–Crippen MR) is 106 cm³/mol. The standard InChI is InChI=1S/C21H28O7S/c1-12-6-7-15(28-16(23)8-9-29(5)25)17-18(27-14(3)22)21(11-20(12,17)4)13(2)10-26-19(21)24/h8-9,12,15,17-18H,2,6-7,10-11H2,1,3-5H3/b9-8+/t12-,15-,17+,18+,20+,21+,29?/m0/s1. The summed E-state index contributed by atoms with van der Waals surface area (Å²) in [6, 6.07) is 0. The lowest BCUT2D eigenvalue weighted by atomic mass is 9.61. The molecule has 8 heteroatoms. The zero-order valence-corrected chi connectivity index (χ0v) is 18.1. The third-order valence-electron chi connectivity index (χ3n) is 6.97. The summed E-state index contributed by atoms with van der Waals surface area (Å²) in [4.78, 5) is 37.1. The van der Waals surface area contributed by atoms with Crippen molar-refractivity contribution in [1.82, 2.24) is 0 Å². The lowest BCUT2D eigenvalue weighted by Gasteiger charge is -2.46. The summed E-state index contributed by atoms with van der Waals surface area (Å²) in [6.07, 6.45) is 3.09. The lowest BCUT2D eigenvalue weighted by molar-refractivity contribution is -0.172. The number of carbonyl (C=O) groups excluding carboxylic acids is 3. The van der Waals surface area contributed by atoms with E-state index in [4.69, 9.17) is 14.2 Å². The number of hydrogen-bond acceptors (Lipinski definition) is 7. The molecule has 1 unspecified atom stereocenters. The Kier molecular flexibility index (Phi) is 5.77. The molecule has 7 atom stereocenters. The molecule has 0 N–H and O–H groups in total. The Morgan fingerprint density at radius 3 is 2.55 bits per heavy atom. The summed E-state index contributed by atoms with van der Waals surface area (Å²) in [6.45, 7) is 9.63. The average Bonchev–Trinajstić information content (AvgIpc) is 3.06. The maximum atomic E-state index is 12.9. The maximum absolute atomic E-state index is 12.9. The van der Waals surface area contributed by atoms with Gasteiger partial charge in [-0.15, -0.1) is 0 Å². The van der Waals surface area contributed by atoms with E-state index >= 15 is 0 Å². The molecular weight excluding hydrogens is 396 g/mol. The number of carbonyl (C=O) groups is 3. The highest BCUT2D eigenvalue weighted by Gasteiger charge is 2.71. The Morgan fingerprint density at radius 1 is 1.31 bits per heavy atom. The fraction of sp³-hybridized carbons (Fsp3) is 0.667. The van der Waals surface area contributed by atoms with Gasteiger partial charge in [0, 0.05) is 41.4 Å². The van der Waals surface area contributed by atoms with Crippen molar-refractivity contribution in [3.63, 3.8) is 0 Å². The van der Waals surface area contributed by atoms with E-state index in [-0.39, 0.29) is 18.4 Å². The molecule has 0 bridgehead atoms. The quantitative estimate of drug-likeness (QED) is 0.296. The molecule has 1 saturated heterocycles. The first-order valence-electron chi connectivity index (χ1n) is 9.76. The van der Waals surface area contributed by atoms with E-state index in [0.717, 1.165) is 12.5 Å². The molecule has 2 aliphatic carbocycles. The molecule has 0 aromatic heterocycles. The van der Waals surface area contributed by atoms with Gasteiger partial charge in [-0.05, 0) is 36.2 Å². The first kappa shape index (κ1) is 21.7. The van der Waals surface area contributed by atoms with Crippen LogP contribution in [0.3, 0.4) is 0 Å². The van der Waals surface area contributed by atoms with Crippen molar-refractivity contribution >= 4 is 28.7 Å². The molecule has 0 radical (unpaired) electrons. The van der Waals surface area contributed by atoms with Gasteiger partial charge in [0.1, 0.15) is 24.2 Å². The molecule has 0 aromatic carbocycles. The molecular formula is C21H28O7S. The summed E-state index contributed by atoms with van der Waals surface area (Å²) in [5, 5.41) is 1.27. The van der Waals surface area contributed by atoms with Gasteiger partial charge < -0.3 is 14.2 Å². The van der Waals surface area contributed by atoms with Gasteiger partial charge in [0.25, 0.3) is 0 Å². The molecule has 2 saturated carbocycles. The normalized spacial score (nSPS) is 40.0. The average molecular weight is 425 g/mol. The van der Waals surface area contributed by atoms with Crippen LogP contribution in [0.1, 0.15) is 40.0 Å². The topological polar surface area (TPSA) is 96.0 Å². The van der Waals surface area contributed by atoms with E-state index < -0.39 is 51.7 Å². The van der Waals surface area contributed by atoms with Crippen LogP contribution in [0.4, 0.5) is 0 Å². The van der Waals surface area contributed by atoms with Gasteiger partial charge in [-0.3, -0.25) is 13.8 Å². The first-order chi connectivity index (χ1) is 13.5. The Balaban J connectivity index is 2.02. The second-order valence-corrected chi connectivity index (χ2v) is 9.91. The fourth-order valence-electron chi connectivity index (χ4n) is 5.41. The number of ether oxygens (including phenoxy) is 3. The van der Waals surface area contributed by atoms with Crippen LogP contribution in [0.15, 0.2) is 23.6 Å². The van der Waals surface area contributed by atoms with Crippen LogP contribution in [0, 0.1) is 22.7 Å². The molecule has 0 amide bonds. The Hall–Kier alpha value is -1.96. The molecule has 3 fully saturated rings. The van der Waals surface area contributed by atoms with E-state index in [0.29, 0.717) is 18.4 Å². The van der Waals surface area contributed by atoms with Crippen LogP contribution in [-0.4, -0.2) is 47.2 Å². The number of rotatable bonds is 4. The number of cyclic esters (lactones) is 1. The molecule has 160 valence electrons. The minimum Gasteiger partial charge on any atom is -0.461 e. The highest BCUT2D eigenvalue weighted by Crippen LogP contribution is 2.66. The Labute approximate surface area is 173 Å².